The topological polar surface area (TPSA) is 97.2 Å². The molecule has 3 rings (SSSR count). The first kappa shape index (κ1) is 20.7. The van der Waals surface area contributed by atoms with Crippen LogP contribution in [-0.2, 0) is 4.79 Å². The van der Waals surface area contributed by atoms with Crippen molar-refractivity contribution < 1.29 is 4.79 Å². The molecule has 8 heteroatoms. The van der Waals surface area contributed by atoms with Crippen LogP contribution in [0.2, 0.25) is 0 Å². The molecule has 0 unspecified atom stereocenters. The van der Waals surface area contributed by atoms with Crippen molar-refractivity contribution in [1.82, 2.24) is 19.8 Å². The highest BCUT2D eigenvalue weighted by Crippen LogP contribution is 2.26. The molecule has 2 heterocycles. The van der Waals surface area contributed by atoms with Gasteiger partial charge in [-0.15, -0.1) is 0 Å². The van der Waals surface area contributed by atoms with Gasteiger partial charge < -0.3 is 16.0 Å². The molecule has 3 N–H and O–H groups in total. The van der Waals surface area contributed by atoms with Gasteiger partial charge in [-0.3, -0.25) is 14.6 Å². The number of anilines is 2. The van der Waals surface area contributed by atoms with Gasteiger partial charge in [0.05, 0.1) is 5.56 Å². The van der Waals surface area contributed by atoms with E-state index in [1.807, 2.05) is 0 Å². The first-order valence-corrected chi connectivity index (χ1v) is 10.4. The van der Waals surface area contributed by atoms with Gasteiger partial charge in [0.25, 0.3) is 0 Å². The predicted octanol–water partition coefficient (Wildman–Crippen LogP) is 2.04. The van der Waals surface area contributed by atoms with Crippen LogP contribution in [-0.4, -0.2) is 77.2 Å². The van der Waals surface area contributed by atoms with Gasteiger partial charge >= 0.3 is 0 Å². The molecular weight excluding hydrogens is 354 g/mol. The van der Waals surface area contributed by atoms with E-state index < -0.39 is 0 Å². The number of amides is 1. The van der Waals surface area contributed by atoms with E-state index in [2.05, 4.69) is 44.2 Å². The van der Waals surface area contributed by atoms with E-state index in [1.165, 1.54) is 12.5 Å². The normalized spacial score (nSPS) is 19.1. The van der Waals surface area contributed by atoms with E-state index in [9.17, 15) is 4.79 Å². The van der Waals surface area contributed by atoms with Gasteiger partial charge in [-0.25, -0.2) is 9.97 Å². The highest BCUT2D eigenvalue weighted by molar-refractivity contribution is 5.99. The minimum atomic E-state index is 0.00766. The number of carbonyl (C=O) groups excluding carboxylic acids is 1. The van der Waals surface area contributed by atoms with Crippen LogP contribution in [0.3, 0.4) is 0 Å². The van der Waals surface area contributed by atoms with Gasteiger partial charge in [0.1, 0.15) is 18.0 Å². The molecule has 0 radical (unpaired) electrons. The molecule has 0 spiro atoms. The fourth-order valence-electron chi connectivity index (χ4n) is 4.02. The predicted molar refractivity (Wildman–Crippen MR) is 112 cm³/mol. The molecule has 1 aliphatic carbocycles. The first-order chi connectivity index (χ1) is 13.6. The number of carbonyl (C=O) groups is 1. The minimum Gasteiger partial charge on any atom is -0.368 e. The molecule has 0 aromatic carbocycles. The van der Waals surface area contributed by atoms with Crippen molar-refractivity contribution in [1.29, 1.82) is 5.41 Å². The maximum atomic E-state index is 12.4. The first-order valence-electron chi connectivity index (χ1n) is 10.4. The zero-order chi connectivity index (χ0) is 19.9. The standard InChI is InChI=1S/C20H33N7O/c1-15(2)27-11-9-26(10-12-27)8-7-22-18-17(13-21)19(24-14-23-18)25-20(28)16-5-3-4-6-16/h13-16,21H,3-12H2,1-2H3,(H2,22,23,24,25,28). The molecule has 1 saturated carbocycles. The molecule has 0 atom stereocenters. The molecule has 2 fully saturated rings. The van der Waals surface area contributed by atoms with Crippen molar-refractivity contribution in [3.05, 3.63) is 11.9 Å². The molecule has 154 valence electrons. The Balaban J connectivity index is 1.52. The van der Waals surface area contributed by atoms with Crippen molar-refractivity contribution in [2.75, 3.05) is 49.9 Å². The SMILES string of the molecule is CC(C)N1CCN(CCNc2ncnc(NC(=O)C3CCCC3)c2C=N)CC1. The number of hydrogen-bond acceptors (Lipinski definition) is 7. The number of nitrogens with zero attached hydrogens (tertiary/aromatic N) is 4. The Kier molecular flexibility index (Phi) is 7.33. The van der Waals surface area contributed by atoms with Gasteiger partial charge in [0.15, 0.2) is 0 Å². The Morgan fingerprint density at radius 3 is 2.54 bits per heavy atom. The zero-order valence-corrected chi connectivity index (χ0v) is 17.1. The van der Waals surface area contributed by atoms with Crippen LogP contribution in [0.5, 0.6) is 0 Å². The lowest BCUT2D eigenvalue weighted by Gasteiger charge is -2.36. The van der Waals surface area contributed by atoms with Crippen LogP contribution in [0.1, 0.15) is 45.1 Å². The van der Waals surface area contributed by atoms with Crippen molar-refractivity contribution >= 4 is 23.8 Å². The molecule has 8 nitrogen and oxygen atoms in total. The highest BCUT2D eigenvalue weighted by atomic mass is 16.1. The van der Waals surface area contributed by atoms with E-state index in [-0.39, 0.29) is 11.8 Å². The molecule has 1 aliphatic heterocycles. The fraction of sp³-hybridized carbons (Fsp3) is 0.700. The number of rotatable bonds is 8. The summed E-state index contributed by atoms with van der Waals surface area (Å²) in [5.74, 6) is 1.10. The molecule has 2 aliphatic rings. The summed E-state index contributed by atoms with van der Waals surface area (Å²) in [6.07, 6.45) is 6.75. The summed E-state index contributed by atoms with van der Waals surface area (Å²) >= 11 is 0. The summed E-state index contributed by atoms with van der Waals surface area (Å²) < 4.78 is 0. The van der Waals surface area contributed by atoms with Crippen molar-refractivity contribution in [2.24, 2.45) is 5.92 Å². The van der Waals surface area contributed by atoms with Gasteiger partial charge in [-0.1, -0.05) is 12.8 Å². The second-order valence-corrected chi connectivity index (χ2v) is 8.00. The van der Waals surface area contributed by atoms with E-state index in [1.54, 1.807) is 0 Å². The monoisotopic (exact) mass is 387 g/mol. The van der Waals surface area contributed by atoms with E-state index in [4.69, 9.17) is 5.41 Å². The third-order valence-corrected chi connectivity index (χ3v) is 5.85. The minimum absolute atomic E-state index is 0.00766. The van der Waals surface area contributed by atoms with Crippen LogP contribution in [0, 0.1) is 11.3 Å². The lowest BCUT2D eigenvalue weighted by atomic mass is 10.1. The average molecular weight is 388 g/mol. The Bertz CT molecular complexity index is 665. The maximum Gasteiger partial charge on any atom is 0.228 e. The number of piperazine rings is 1. The average Bonchev–Trinajstić information content (AvgIpc) is 3.23. The van der Waals surface area contributed by atoms with Crippen LogP contribution in [0.4, 0.5) is 11.6 Å². The Hall–Kier alpha value is -2.06. The van der Waals surface area contributed by atoms with Crippen molar-refractivity contribution in [3.63, 3.8) is 0 Å². The molecule has 1 aromatic heterocycles. The van der Waals surface area contributed by atoms with E-state index in [0.717, 1.165) is 65.0 Å². The van der Waals surface area contributed by atoms with Gasteiger partial charge in [0, 0.05) is 57.4 Å². The van der Waals surface area contributed by atoms with Gasteiger partial charge in [0.2, 0.25) is 5.91 Å². The summed E-state index contributed by atoms with van der Waals surface area (Å²) in [6, 6.07) is 0.606. The molecule has 1 saturated heterocycles. The Labute approximate surface area is 167 Å². The van der Waals surface area contributed by atoms with E-state index >= 15 is 0 Å². The zero-order valence-electron chi connectivity index (χ0n) is 17.1. The highest BCUT2D eigenvalue weighted by Gasteiger charge is 2.24. The Morgan fingerprint density at radius 1 is 1.21 bits per heavy atom. The summed E-state index contributed by atoms with van der Waals surface area (Å²) in [4.78, 5) is 25.8. The summed E-state index contributed by atoms with van der Waals surface area (Å²) in [6.45, 7) is 10.5. The number of nitrogens with one attached hydrogen (secondary N) is 3. The number of aromatic nitrogens is 2. The maximum absolute atomic E-state index is 12.4. The molecule has 1 amide bonds. The molecule has 28 heavy (non-hydrogen) atoms. The molecule has 1 aromatic rings. The van der Waals surface area contributed by atoms with Gasteiger partial charge in [-0.05, 0) is 26.7 Å². The summed E-state index contributed by atoms with van der Waals surface area (Å²) in [7, 11) is 0. The fourth-order valence-corrected chi connectivity index (χ4v) is 4.02. The van der Waals surface area contributed by atoms with Crippen molar-refractivity contribution in [2.45, 2.75) is 45.6 Å². The second-order valence-electron chi connectivity index (χ2n) is 8.00. The van der Waals surface area contributed by atoms with Crippen LogP contribution in [0.25, 0.3) is 0 Å². The number of hydrogen-bond donors (Lipinski definition) is 3. The lowest BCUT2D eigenvalue weighted by molar-refractivity contribution is -0.119. The third-order valence-electron chi connectivity index (χ3n) is 5.85. The lowest BCUT2D eigenvalue weighted by Crippen LogP contribution is -2.49. The summed E-state index contributed by atoms with van der Waals surface area (Å²) in [5, 5.41) is 14.0. The van der Waals surface area contributed by atoms with E-state index in [0.29, 0.717) is 23.2 Å². The van der Waals surface area contributed by atoms with Gasteiger partial charge in [-0.2, -0.15) is 0 Å². The quantitative estimate of drug-likeness (QED) is 0.591. The van der Waals surface area contributed by atoms with Crippen LogP contribution in [0.15, 0.2) is 6.33 Å². The van der Waals surface area contributed by atoms with Crippen molar-refractivity contribution in [3.8, 4) is 0 Å². The largest absolute Gasteiger partial charge is 0.368 e. The smallest absolute Gasteiger partial charge is 0.228 e. The molecule has 0 bridgehead atoms. The van der Waals surface area contributed by atoms with Crippen LogP contribution >= 0.6 is 0 Å². The summed E-state index contributed by atoms with van der Waals surface area (Å²) in [5.41, 5.74) is 0.540. The van der Waals surface area contributed by atoms with Crippen LogP contribution < -0.4 is 10.6 Å². The Morgan fingerprint density at radius 2 is 1.89 bits per heavy atom. The third kappa shape index (κ3) is 5.26. The molecular formula is C20H33N7O. The second kappa shape index (κ2) is 9.93.